The highest BCUT2D eigenvalue weighted by molar-refractivity contribution is 6.14. The number of aromatic nitrogens is 1. The minimum atomic E-state index is -0.995. The number of hydrogen-bond acceptors (Lipinski definition) is 3. The Kier molecular flexibility index (Phi) is 5.62. The Morgan fingerprint density at radius 2 is 1.74 bits per heavy atom. The number of halogens is 1. The van der Waals surface area contributed by atoms with Gasteiger partial charge in [-0.3, -0.25) is 9.69 Å². The first-order chi connectivity index (χ1) is 16.9. The van der Waals surface area contributed by atoms with Gasteiger partial charge in [0.25, 0.3) is 5.91 Å². The first-order valence-corrected chi connectivity index (χ1v) is 10.9. The number of hydrogen-bond donors (Lipinski definition) is 2. The smallest absolute Gasteiger partial charge is 0.335 e. The van der Waals surface area contributed by atoms with Gasteiger partial charge in [-0.15, -0.1) is 0 Å². The van der Waals surface area contributed by atoms with Crippen LogP contribution in [-0.4, -0.2) is 32.5 Å². The Balaban J connectivity index is 1.47. The van der Waals surface area contributed by atoms with E-state index in [9.17, 15) is 23.9 Å². The van der Waals surface area contributed by atoms with Gasteiger partial charge in [0.2, 0.25) is 0 Å². The van der Waals surface area contributed by atoms with Crippen molar-refractivity contribution in [1.82, 2.24) is 14.8 Å². The Hall–Kier alpha value is -4.72. The summed E-state index contributed by atoms with van der Waals surface area (Å²) in [5.41, 5.74) is 2.97. The summed E-state index contributed by atoms with van der Waals surface area (Å²) in [6, 6.07) is 19.7. The normalized spacial score (nSPS) is 14.7. The topological polar surface area (TPSA) is 91.6 Å². The summed E-state index contributed by atoms with van der Waals surface area (Å²) in [5, 5.41) is 12.7. The van der Waals surface area contributed by atoms with Crippen LogP contribution in [0.1, 0.15) is 27.0 Å². The second kappa shape index (κ2) is 8.90. The molecule has 7 nitrogen and oxygen atoms in total. The first-order valence-electron chi connectivity index (χ1n) is 10.9. The molecule has 2 N–H and O–H groups in total. The number of nitrogens with zero attached hydrogens (tertiary/aromatic N) is 2. The fourth-order valence-corrected chi connectivity index (χ4v) is 4.19. The van der Waals surface area contributed by atoms with Crippen molar-refractivity contribution in [1.29, 1.82) is 0 Å². The third kappa shape index (κ3) is 4.29. The van der Waals surface area contributed by atoms with Crippen LogP contribution in [0.25, 0.3) is 17.0 Å². The van der Waals surface area contributed by atoms with Crippen molar-refractivity contribution in [3.05, 3.63) is 113 Å². The molecule has 174 valence electrons. The van der Waals surface area contributed by atoms with Crippen LogP contribution in [0.5, 0.6) is 0 Å². The van der Waals surface area contributed by atoms with Gasteiger partial charge in [-0.25, -0.2) is 14.0 Å². The van der Waals surface area contributed by atoms with Crippen LogP contribution in [-0.2, 0) is 17.9 Å². The van der Waals surface area contributed by atoms with Crippen LogP contribution in [0.4, 0.5) is 9.18 Å². The second-order valence-corrected chi connectivity index (χ2v) is 8.21. The lowest BCUT2D eigenvalue weighted by Crippen LogP contribution is -2.30. The number of rotatable bonds is 6. The molecule has 0 saturated carbocycles. The van der Waals surface area contributed by atoms with E-state index in [0.717, 1.165) is 21.4 Å². The number of fused-ring (bicyclic) bond motifs is 1. The SMILES string of the molecule is O=C(O)c1cccc(Cn2cc(/C=C3/NC(=O)N(Cc4ccccc4F)C3=O)c3ccccc32)c1. The maximum atomic E-state index is 14.0. The molecule has 5 rings (SSSR count). The molecule has 0 aliphatic carbocycles. The maximum absolute atomic E-state index is 14.0. The average Bonchev–Trinajstić information content (AvgIpc) is 3.32. The average molecular weight is 469 g/mol. The highest BCUT2D eigenvalue weighted by Crippen LogP contribution is 2.26. The number of imide groups is 1. The molecule has 0 unspecified atom stereocenters. The number of carboxylic acids is 1. The van der Waals surface area contributed by atoms with Gasteiger partial charge < -0.3 is 15.0 Å². The van der Waals surface area contributed by atoms with Crippen LogP contribution < -0.4 is 5.32 Å². The molecule has 2 heterocycles. The fourth-order valence-electron chi connectivity index (χ4n) is 4.19. The fraction of sp³-hybridized carbons (Fsp3) is 0.0741. The minimum absolute atomic E-state index is 0.0992. The zero-order chi connectivity index (χ0) is 24.5. The third-order valence-electron chi connectivity index (χ3n) is 5.89. The predicted molar refractivity (Wildman–Crippen MR) is 128 cm³/mol. The number of urea groups is 1. The Morgan fingerprint density at radius 1 is 0.971 bits per heavy atom. The number of nitrogens with one attached hydrogen (secondary N) is 1. The lowest BCUT2D eigenvalue weighted by Gasteiger charge is -2.12. The van der Waals surface area contributed by atoms with Crippen molar-refractivity contribution in [2.75, 3.05) is 0 Å². The van der Waals surface area contributed by atoms with Gasteiger partial charge in [-0.2, -0.15) is 0 Å². The van der Waals surface area contributed by atoms with E-state index in [0.29, 0.717) is 12.1 Å². The van der Waals surface area contributed by atoms with Crippen molar-refractivity contribution < 1.29 is 23.9 Å². The van der Waals surface area contributed by atoms with Gasteiger partial charge in [-0.05, 0) is 35.9 Å². The van der Waals surface area contributed by atoms with Crippen LogP contribution in [0, 0.1) is 5.82 Å². The maximum Gasteiger partial charge on any atom is 0.335 e. The molecule has 4 aromatic rings. The van der Waals surface area contributed by atoms with E-state index in [-0.39, 0.29) is 23.4 Å². The number of benzene rings is 3. The van der Waals surface area contributed by atoms with Gasteiger partial charge >= 0.3 is 12.0 Å². The van der Waals surface area contributed by atoms with Gasteiger partial charge in [0.15, 0.2) is 0 Å². The quantitative estimate of drug-likeness (QED) is 0.318. The standard InChI is InChI=1S/C27H20FN3O4/c28-22-10-3-1-7-19(22)16-31-25(32)23(29-27(31)35)13-20-15-30(24-11-4-2-9-21(20)24)14-17-6-5-8-18(12-17)26(33)34/h1-13,15H,14,16H2,(H,29,35)(H,33,34)/b23-13+. The second-order valence-electron chi connectivity index (χ2n) is 8.21. The van der Waals surface area contributed by atoms with Crippen LogP contribution in [0.15, 0.2) is 84.7 Å². The Bertz CT molecular complexity index is 1520. The van der Waals surface area contributed by atoms with Crippen LogP contribution in [0.2, 0.25) is 0 Å². The number of carboxylic acid groups (broad SMARTS) is 1. The predicted octanol–water partition coefficient (Wildman–Crippen LogP) is 4.62. The van der Waals surface area contributed by atoms with Gasteiger partial charge in [-0.1, -0.05) is 48.5 Å². The van der Waals surface area contributed by atoms with E-state index >= 15 is 0 Å². The third-order valence-corrected chi connectivity index (χ3v) is 5.89. The number of aromatic carboxylic acids is 1. The molecule has 3 aromatic carbocycles. The highest BCUT2D eigenvalue weighted by atomic mass is 19.1. The van der Waals surface area contributed by atoms with Crippen molar-refractivity contribution >= 4 is 34.9 Å². The molecule has 0 atom stereocenters. The van der Waals surface area contributed by atoms with Gasteiger partial charge in [0.1, 0.15) is 11.5 Å². The summed E-state index contributed by atoms with van der Waals surface area (Å²) < 4.78 is 16.0. The summed E-state index contributed by atoms with van der Waals surface area (Å²) >= 11 is 0. The molecule has 1 aromatic heterocycles. The highest BCUT2D eigenvalue weighted by Gasteiger charge is 2.34. The Morgan fingerprint density at radius 3 is 2.54 bits per heavy atom. The summed E-state index contributed by atoms with van der Waals surface area (Å²) in [6.07, 6.45) is 3.46. The summed E-state index contributed by atoms with van der Waals surface area (Å²) in [7, 11) is 0. The first kappa shape index (κ1) is 22.1. The van der Waals surface area contributed by atoms with Crippen molar-refractivity contribution in [3.8, 4) is 0 Å². The summed E-state index contributed by atoms with van der Waals surface area (Å²) in [4.78, 5) is 37.7. The lowest BCUT2D eigenvalue weighted by atomic mass is 10.1. The number of carbonyl (C=O) groups is 3. The van der Waals surface area contributed by atoms with E-state index in [1.54, 1.807) is 30.3 Å². The lowest BCUT2D eigenvalue weighted by molar-refractivity contribution is -0.123. The molecule has 1 saturated heterocycles. The zero-order valence-corrected chi connectivity index (χ0v) is 18.4. The molecule has 3 amide bonds. The van der Waals surface area contributed by atoms with Gasteiger partial charge in [0, 0.05) is 34.8 Å². The van der Waals surface area contributed by atoms with E-state index in [1.165, 1.54) is 18.2 Å². The Labute approximate surface area is 199 Å². The molecule has 0 bridgehead atoms. The van der Waals surface area contributed by atoms with Crippen LogP contribution in [0.3, 0.4) is 0 Å². The van der Waals surface area contributed by atoms with E-state index in [1.807, 2.05) is 41.1 Å². The van der Waals surface area contributed by atoms with Crippen molar-refractivity contribution in [3.63, 3.8) is 0 Å². The molecule has 0 spiro atoms. The summed E-state index contributed by atoms with van der Waals surface area (Å²) in [5.74, 6) is -2.02. The zero-order valence-electron chi connectivity index (χ0n) is 18.4. The van der Waals surface area contributed by atoms with Crippen molar-refractivity contribution in [2.24, 2.45) is 0 Å². The van der Waals surface area contributed by atoms with Crippen molar-refractivity contribution in [2.45, 2.75) is 13.1 Å². The molecular formula is C27H20FN3O4. The summed E-state index contributed by atoms with van der Waals surface area (Å²) in [6.45, 7) is 0.251. The molecule has 1 aliphatic heterocycles. The minimum Gasteiger partial charge on any atom is -0.478 e. The monoisotopic (exact) mass is 469 g/mol. The van der Waals surface area contributed by atoms with E-state index < -0.39 is 23.7 Å². The molecule has 8 heteroatoms. The number of amides is 3. The molecular weight excluding hydrogens is 449 g/mol. The largest absolute Gasteiger partial charge is 0.478 e. The van der Waals surface area contributed by atoms with Gasteiger partial charge in [0.05, 0.1) is 12.1 Å². The van der Waals surface area contributed by atoms with Crippen LogP contribution >= 0.6 is 0 Å². The molecule has 1 aliphatic rings. The molecule has 35 heavy (non-hydrogen) atoms. The number of para-hydroxylation sites is 1. The molecule has 0 radical (unpaired) electrons. The van der Waals surface area contributed by atoms with E-state index in [4.69, 9.17) is 0 Å². The molecule has 1 fully saturated rings. The number of carbonyl (C=O) groups excluding carboxylic acids is 2. The van der Waals surface area contributed by atoms with E-state index in [2.05, 4.69) is 5.32 Å².